The first kappa shape index (κ1) is 17.6. The molecular weight excluding hydrogens is 286 g/mol. The number of aromatic nitrogens is 1. The van der Waals surface area contributed by atoms with E-state index in [-0.39, 0.29) is 12.7 Å². The molecule has 0 amide bonds. The van der Waals surface area contributed by atoms with E-state index in [1.807, 2.05) is 57.4 Å². The molecule has 0 unspecified atom stereocenters. The molecule has 0 aliphatic rings. The van der Waals surface area contributed by atoms with E-state index >= 15 is 0 Å². The fourth-order valence-corrected chi connectivity index (χ4v) is 2.38. The van der Waals surface area contributed by atoms with Crippen LogP contribution in [0.2, 0.25) is 0 Å². The van der Waals surface area contributed by atoms with Crippen LogP contribution in [-0.4, -0.2) is 34.2 Å². The summed E-state index contributed by atoms with van der Waals surface area (Å²) >= 11 is 1.54. The fraction of sp³-hybridized carbons (Fsp3) is 0.438. The van der Waals surface area contributed by atoms with Gasteiger partial charge in [-0.2, -0.15) is 0 Å². The van der Waals surface area contributed by atoms with Gasteiger partial charge in [-0.25, -0.2) is 9.36 Å². The van der Waals surface area contributed by atoms with Crippen LogP contribution in [0.5, 0.6) is 0 Å². The molecule has 0 aliphatic heterocycles. The molecule has 1 heterocycles. The van der Waals surface area contributed by atoms with Crippen molar-refractivity contribution < 1.29 is 14.6 Å². The van der Waals surface area contributed by atoms with Crippen LogP contribution in [0.3, 0.4) is 0 Å². The molecule has 4 nitrogen and oxygen atoms in total. The molecule has 0 fully saturated rings. The minimum atomic E-state index is -0.488. The number of carbonyl (C=O) groups excluding carboxylic acids is 1. The Hall–Kier alpha value is -1.46. The highest BCUT2D eigenvalue weighted by Crippen LogP contribution is 2.27. The minimum Gasteiger partial charge on any atom is -0.443 e. The van der Waals surface area contributed by atoms with Gasteiger partial charge in [0.25, 0.3) is 0 Å². The molecule has 0 atom stereocenters. The Morgan fingerprint density at radius 2 is 1.90 bits per heavy atom. The first-order valence-electron chi connectivity index (χ1n) is 6.82. The summed E-state index contributed by atoms with van der Waals surface area (Å²) in [5.74, 6) is 0. The quantitative estimate of drug-likeness (QED) is 0.804. The molecule has 0 spiro atoms. The van der Waals surface area contributed by atoms with Crippen molar-refractivity contribution in [2.45, 2.75) is 38.3 Å². The molecule has 2 rings (SSSR count). The molecule has 1 aromatic heterocycles. The van der Waals surface area contributed by atoms with Gasteiger partial charge in [-0.05, 0) is 46.1 Å². The van der Waals surface area contributed by atoms with Crippen LogP contribution in [0.25, 0.3) is 10.9 Å². The number of aliphatic hydroxyl groups is 1. The number of nitrogens with zero attached hydrogens (tertiary/aromatic N) is 1. The van der Waals surface area contributed by atoms with Crippen LogP contribution in [0.1, 0.15) is 27.7 Å². The Balaban J connectivity index is 0.000000677. The number of thioether (sulfide) groups is 1. The van der Waals surface area contributed by atoms with Crippen LogP contribution >= 0.6 is 11.8 Å². The molecule has 5 heteroatoms. The average Bonchev–Trinajstić information content (AvgIpc) is 2.76. The predicted octanol–water partition coefficient (Wildman–Crippen LogP) is 4.15. The van der Waals surface area contributed by atoms with Crippen LogP contribution in [-0.2, 0) is 4.74 Å². The number of carbonyl (C=O) groups is 1. The van der Waals surface area contributed by atoms with Crippen molar-refractivity contribution in [2.75, 3.05) is 12.9 Å². The maximum atomic E-state index is 12.2. The van der Waals surface area contributed by atoms with Crippen LogP contribution < -0.4 is 0 Å². The van der Waals surface area contributed by atoms with Gasteiger partial charge in [-0.3, -0.25) is 0 Å². The Morgan fingerprint density at radius 3 is 2.43 bits per heavy atom. The summed E-state index contributed by atoms with van der Waals surface area (Å²) in [6.45, 7) is 7.54. The number of hydrogen-bond acceptors (Lipinski definition) is 4. The van der Waals surface area contributed by atoms with Gasteiger partial charge in [0.05, 0.1) is 10.5 Å². The number of aliphatic hydroxyl groups excluding tert-OH is 1. The zero-order valence-electron chi connectivity index (χ0n) is 13.2. The lowest BCUT2D eigenvalue weighted by Crippen LogP contribution is -2.27. The SMILES string of the molecule is CCO.CSc1cc2ccccc2n1C(=O)OC(C)(C)C. The molecule has 0 saturated carbocycles. The van der Waals surface area contributed by atoms with Crippen LogP contribution in [0.15, 0.2) is 35.4 Å². The number of fused-ring (bicyclic) bond motifs is 1. The lowest BCUT2D eigenvalue weighted by Gasteiger charge is -2.20. The summed E-state index contributed by atoms with van der Waals surface area (Å²) in [5.41, 5.74) is 0.397. The molecule has 0 radical (unpaired) electrons. The van der Waals surface area contributed by atoms with E-state index in [2.05, 4.69) is 0 Å². The first-order valence-corrected chi connectivity index (χ1v) is 8.05. The third kappa shape index (κ3) is 4.79. The average molecular weight is 309 g/mol. The van der Waals surface area contributed by atoms with Gasteiger partial charge in [0.1, 0.15) is 5.60 Å². The molecule has 0 aliphatic carbocycles. The summed E-state index contributed by atoms with van der Waals surface area (Å²) in [4.78, 5) is 12.2. The summed E-state index contributed by atoms with van der Waals surface area (Å²) < 4.78 is 7.07. The number of rotatable bonds is 1. The summed E-state index contributed by atoms with van der Waals surface area (Å²) in [5, 5.41) is 9.51. The topological polar surface area (TPSA) is 51.5 Å². The highest BCUT2D eigenvalue weighted by molar-refractivity contribution is 7.98. The largest absolute Gasteiger partial charge is 0.443 e. The van der Waals surface area contributed by atoms with Crippen LogP contribution in [0.4, 0.5) is 4.79 Å². The minimum absolute atomic E-state index is 0.250. The van der Waals surface area contributed by atoms with E-state index in [0.29, 0.717) is 0 Å². The molecule has 0 bridgehead atoms. The summed E-state index contributed by atoms with van der Waals surface area (Å²) in [7, 11) is 0. The van der Waals surface area contributed by atoms with E-state index in [1.54, 1.807) is 11.5 Å². The van der Waals surface area contributed by atoms with Crippen molar-refractivity contribution >= 4 is 28.8 Å². The highest BCUT2D eigenvalue weighted by Gasteiger charge is 2.21. The fourth-order valence-electron chi connectivity index (χ4n) is 1.78. The third-order valence-corrected chi connectivity index (χ3v) is 3.18. The maximum absolute atomic E-state index is 12.2. The van der Waals surface area contributed by atoms with Crippen molar-refractivity contribution in [3.63, 3.8) is 0 Å². The smallest absolute Gasteiger partial charge is 0.419 e. The van der Waals surface area contributed by atoms with Crippen molar-refractivity contribution in [1.29, 1.82) is 0 Å². The van der Waals surface area contributed by atoms with Crippen molar-refractivity contribution in [3.8, 4) is 0 Å². The standard InChI is InChI=1S/C14H17NO2S.C2H6O/c1-14(2,3)17-13(16)15-11-8-6-5-7-10(11)9-12(15)18-4;1-2-3/h5-9H,1-4H3;3H,2H2,1H3. The number of para-hydroxylation sites is 1. The van der Waals surface area contributed by atoms with E-state index in [0.717, 1.165) is 15.9 Å². The van der Waals surface area contributed by atoms with Crippen molar-refractivity contribution in [2.24, 2.45) is 0 Å². The monoisotopic (exact) mass is 309 g/mol. The van der Waals surface area contributed by atoms with Gasteiger partial charge >= 0.3 is 6.09 Å². The van der Waals surface area contributed by atoms with Gasteiger partial charge in [-0.15, -0.1) is 11.8 Å². The highest BCUT2D eigenvalue weighted by atomic mass is 32.2. The summed E-state index contributed by atoms with van der Waals surface area (Å²) in [6.07, 6.45) is 1.63. The predicted molar refractivity (Wildman–Crippen MR) is 88.1 cm³/mol. The molecule has 0 saturated heterocycles. The zero-order chi connectivity index (χ0) is 16.0. The Morgan fingerprint density at radius 1 is 1.33 bits per heavy atom. The Bertz CT molecular complexity index is 599. The van der Waals surface area contributed by atoms with E-state index in [4.69, 9.17) is 9.84 Å². The number of benzene rings is 1. The molecule has 1 aromatic carbocycles. The normalized spacial score (nSPS) is 11.0. The van der Waals surface area contributed by atoms with Crippen molar-refractivity contribution in [3.05, 3.63) is 30.3 Å². The van der Waals surface area contributed by atoms with E-state index < -0.39 is 5.60 Å². The molecule has 1 N–H and O–H groups in total. The van der Waals surface area contributed by atoms with Gasteiger partial charge < -0.3 is 9.84 Å². The summed E-state index contributed by atoms with van der Waals surface area (Å²) in [6, 6.07) is 9.82. The number of ether oxygens (including phenoxy) is 1. The lowest BCUT2D eigenvalue weighted by molar-refractivity contribution is 0.0532. The van der Waals surface area contributed by atoms with Gasteiger partial charge in [0.15, 0.2) is 0 Å². The molecule has 21 heavy (non-hydrogen) atoms. The Labute approximate surface area is 130 Å². The lowest BCUT2D eigenvalue weighted by atomic mass is 10.2. The molecule has 116 valence electrons. The number of hydrogen-bond donors (Lipinski definition) is 1. The van der Waals surface area contributed by atoms with E-state index in [9.17, 15) is 4.79 Å². The molecule has 2 aromatic rings. The first-order chi connectivity index (χ1) is 9.84. The maximum Gasteiger partial charge on any atom is 0.419 e. The molecular formula is C16H23NO3S. The van der Waals surface area contributed by atoms with Gasteiger partial charge in [0.2, 0.25) is 0 Å². The Kier molecular flexibility index (Phi) is 6.30. The van der Waals surface area contributed by atoms with Gasteiger partial charge in [-0.1, -0.05) is 18.2 Å². The second-order valence-electron chi connectivity index (χ2n) is 5.38. The van der Waals surface area contributed by atoms with Crippen LogP contribution in [0, 0.1) is 0 Å². The third-order valence-electron chi connectivity index (χ3n) is 2.46. The van der Waals surface area contributed by atoms with E-state index in [1.165, 1.54) is 11.8 Å². The van der Waals surface area contributed by atoms with Gasteiger partial charge in [0, 0.05) is 12.0 Å². The second kappa shape index (κ2) is 7.52. The zero-order valence-corrected chi connectivity index (χ0v) is 14.0. The van der Waals surface area contributed by atoms with Crippen molar-refractivity contribution in [1.82, 2.24) is 4.57 Å². The second-order valence-corrected chi connectivity index (χ2v) is 6.20.